The summed E-state index contributed by atoms with van der Waals surface area (Å²) < 4.78 is 31.3. The molecule has 2 aliphatic heterocycles. The van der Waals surface area contributed by atoms with Gasteiger partial charge in [0, 0.05) is 30.5 Å². The van der Waals surface area contributed by atoms with Gasteiger partial charge < -0.3 is 28.4 Å². The highest BCUT2D eigenvalue weighted by Crippen LogP contribution is 2.53. The van der Waals surface area contributed by atoms with E-state index in [1.54, 1.807) is 36.4 Å². The van der Waals surface area contributed by atoms with Gasteiger partial charge in [0.15, 0.2) is 0 Å². The zero-order valence-electron chi connectivity index (χ0n) is 17.3. The highest BCUT2D eigenvalue weighted by molar-refractivity contribution is 9.11. The first-order valence-electron chi connectivity index (χ1n) is 10.1. The molecule has 5 aromatic carbocycles. The van der Waals surface area contributed by atoms with Crippen LogP contribution in [0.15, 0.2) is 45.3 Å². The molecule has 0 fully saturated rings. The first-order chi connectivity index (χ1) is 17.3. The molecule has 2 heterocycles. The Kier molecular flexibility index (Phi) is 4.22. The first kappa shape index (κ1) is 21.1. The van der Waals surface area contributed by atoms with E-state index >= 15 is 0 Å². The summed E-state index contributed by atoms with van der Waals surface area (Å²) in [5.74, 6) is 0.504. The van der Waals surface area contributed by atoms with Gasteiger partial charge in [0.2, 0.25) is 0 Å². The van der Waals surface area contributed by atoms with Crippen LogP contribution >= 0.6 is 31.9 Å². The highest BCUT2D eigenvalue weighted by atomic mass is 79.9. The van der Waals surface area contributed by atoms with Crippen molar-refractivity contribution in [3.05, 3.63) is 45.3 Å². The van der Waals surface area contributed by atoms with Crippen molar-refractivity contribution in [1.29, 1.82) is 0 Å². The minimum atomic E-state index is -1.23. The van der Waals surface area contributed by atoms with Crippen LogP contribution in [0.1, 0.15) is 0 Å². The van der Waals surface area contributed by atoms with E-state index in [0.29, 0.717) is 52.0 Å². The Morgan fingerprint density at radius 1 is 0.417 bits per heavy atom. The average Bonchev–Trinajstić information content (AvgIpc) is 2.78. The van der Waals surface area contributed by atoms with Gasteiger partial charge in [-0.05, 0) is 79.0 Å². The molecule has 7 rings (SSSR count). The van der Waals surface area contributed by atoms with Crippen molar-refractivity contribution in [1.82, 2.24) is 0 Å². The van der Waals surface area contributed by atoms with Crippen LogP contribution in [0.25, 0.3) is 43.1 Å². The van der Waals surface area contributed by atoms with Crippen molar-refractivity contribution in [2.45, 2.75) is 0 Å². The zero-order valence-corrected chi connectivity index (χ0v) is 20.5. The zero-order chi connectivity index (χ0) is 24.9. The van der Waals surface area contributed by atoms with Crippen molar-refractivity contribution in [2.75, 3.05) is 0 Å². The number of halogens is 2. The number of ether oxygens (including phenoxy) is 6. The third-order valence-electron chi connectivity index (χ3n) is 5.97. The fraction of sp³-hybridized carbons (Fsp3) is 0. The van der Waals surface area contributed by atoms with Gasteiger partial charge in [-0.3, -0.25) is 0 Å². The van der Waals surface area contributed by atoms with Crippen LogP contribution in [0.3, 0.4) is 0 Å². The van der Waals surface area contributed by atoms with Crippen LogP contribution in [0.5, 0.6) is 23.0 Å². The summed E-state index contributed by atoms with van der Waals surface area (Å²) in [5.41, 5.74) is 0. The van der Waals surface area contributed by atoms with Gasteiger partial charge in [-0.25, -0.2) is 19.2 Å². The van der Waals surface area contributed by atoms with E-state index in [9.17, 15) is 19.2 Å². The van der Waals surface area contributed by atoms with Crippen LogP contribution in [0.4, 0.5) is 19.2 Å². The van der Waals surface area contributed by atoms with E-state index < -0.39 is 24.6 Å². The molecule has 0 aliphatic carbocycles. The Balaban J connectivity index is 1.74. The third-order valence-corrected chi connectivity index (χ3v) is 7.22. The lowest BCUT2D eigenvalue weighted by Crippen LogP contribution is -2.22. The SMILES string of the molecule is O=C1OC(=O)Oc2cc(Br)c3c4ccc5c6c(cc(Br)c(c7ccc(c2c73)O1)c64)OC(=O)OC(=O)O5. The largest absolute Gasteiger partial charge is 0.524 e. The van der Waals surface area contributed by atoms with Gasteiger partial charge in [0.05, 0.1) is 10.8 Å². The number of rotatable bonds is 0. The number of carbonyl (C=O) groups is 4. The summed E-state index contributed by atoms with van der Waals surface area (Å²) in [5, 5.41) is 4.72. The maximum Gasteiger partial charge on any atom is 0.524 e. The Labute approximate surface area is 215 Å². The number of benzene rings is 5. The van der Waals surface area contributed by atoms with E-state index in [1.165, 1.54) is 0 Å². The number of carbonyl (C=O) groups excluding carboxylic acids is 4. The van der Waals surface area contributed by atoms with Gasteiger partial charge in [-0.15, -0.1) is 0 Å². The molecule has 0 aromatic heterocycles. The normalized spacial score (nSPS) is 15.4. The van der Waals surface area contributed by atoms with E-state index in [2.05, 4.69) is 41.3 Å². The molecular formula is C24H6Br2O10. The lowest BCUT2D eigenvalue weighted by atomic mass is 9.88. The summed E-state index contributed by atoms with van der Waals surface area (Å²) in [6, 6.07) is 9.69. The molecule has 0 bridgehead atoms. The van der Waals surface area contributed by atoms with Gasteiger partial charge in [-0.1, -0.05) is 0 Å². The molecule has 0 saturated heterocycles. The second-order valence-electron chi connectivity index (χ2n) is 7.80. The molecule has 0 spiro atoms. The molecule has 5 aromatic rings. The first-order valence-corrected chi connectivity index (χ1v) is 11.7. The van der Waals surface area contributed by atoms with Crippen molar-refractivity contribution >= 4 is 99.6 Å². The molecule has 36 heavy (non-hydrogen) atoms. The Bertz CT molecular complexity index is 1760. The predicted molar refractivity (Wildman–Crippen MR) is 129 cm³/mol. The predicted octanol–water partition coefficient (Wildman–Crippen LogP) is 7.32. The molecule has 12 heteroatoms. The standard InChI is InChI=1S/C24H6Br2O10/c25-9-5-14-20-12(32-22(28)36-24(30)34-14)4-2-8-16-10(26)6-13-19-11(31-21(27)35-23(29)33-13)3-1-7(17(16)19)15(9)18(8)20/h1-6H. The molecule has 0 unspecified atom stereocenters. The van der Waals surface area contributed by atoms with Crippen LogP contribution in [0, 0.1) is 0 Å². The molecule has 176 valence electrons. The molecule has 0 atom stereocenters. The fourth-order valence-electron chi connectivity index (χ4n) is 4.79. The summed E-state index contributed by atoms with van der Waals surface area (Å²) >= 11 is 7.14. The lowest BCUT2D eigenvalue weighted by Gasteiger charge is -2.23. The van der Waals surface area contributed by atoms with Crippen LogP contribution in [-0.2, 0) is 9.47 Å². The van der Waals surface area contributed by atoms with Gasteiger partial charge in [0.25, 0.3) is 0 Å². The molecule has 2 aliphatic rings. The van der Waals surface area contributed by atoms with Crippen LogP contribution in [0.2, 0.25) is 0 Å². The smallest absolute Gasteiger partial charge is 0.394 e. The van der Waals surface area contributed by atoms with Crippen molar-refractivity contribution < 1.29 is 47.6 Å². The topological polar surface area (TPSA) is 124 Å². The van der Waals surface area contributed by atoms with Crippen LogP contribution < -0.4 is 18.9 Å². The Morgan fingerprint density at radius 2 is 0.778 bits per heavy atom. The van der Waals surface area contributed by atoms with Crippen molar-refractivity contribution in [2.24, 2.45) is 0 Å². The number of hydrogen-bond donors (Lipinski definition) is 0. The lowest BCUT2D eigenvalue weighted by molar-refractivity contribution is 0.0858. The van der Waals surface area contributed by atoms with E-state index in [4.69, 9.17) is 18.9 Å². The Hall–Kier alpha value is -4.16. The minimum Gasteiger partial charge on any atom is -0.394 e. The second-order valence-corrected chi connectivity index (χ2v) is 9.51. The van der Waals surface area contributed by atoms with Crippen molar-refractivity contribution in [3.8, 4) is 23.0 Å². The van der Waals surface area contributed by atoms with Gasteiger partial charge >= 0.3 is 24.6 Å². The summed E-state index contributed by atoms with van der Waals surface area (Å²) in [6.45, 7) is 0. The molecular weight excluding hydrogens is 608 g/mol. The summed E-state index contributed by atoms with van der Waals surface area (Å²) in [7, 11) is 0. The maximum atomic E-state index is 12.0. The quantitative estimate of drug-likeness (QED) is 0.0577. The fourth-order valence-corrected chi connectivity index (χ4v) is 6.03. The van der Waals surface area contributed by atoms with E-state index in [-0.39, 0.29) is 23.0 Å². The molecule has 10 nitrogen and oxygen atoms in total. The van der Waals surface area contributed by atoms with E-state index in [1.807, 2.05) is 0 Å². The summed E-state index contributed by atoms with van der Waals surface area (Å²) in [6.07, 6.45) is -4.90. The van der Waals surface area contributed by atoms with Crippen molar-refractivity contribution in [3.63, 3.8) is 0 Å². The van der Waals surface area contributed by atoms with Gasteiger partial charge in [-0.2, -0.15) is 0 Å². The minimum absolute atomic E-state index is 0.119. The Morgan fingerprint density at radius 3 is 1.17 bits per heavy atom. The molecule has 0 saturated carbocycles. The number of hydrogen-bond acceptors (Lipinski definition) is 10. The molecule has 0 amide bonds. The van der Waals surface area contributed by atoms with Crippen LogP contribution in [-0.4, -0.2) is 24.6 Å². The number of fused-ring (bicyclic) bond motifs is 2. The summed E-state index contributed by atoms with van der Waals surface area (Å²) in [4.78, 5) is 48.1. The molecule has 0 radical (unpaired) electrons. The second kappa shape index (κ2) is 7.18. The third kappa shape index (κ3) is 2.82. The average molecular weight is 614 g/mol. The molecule has 0 N–H and O–H groups in total. The monoisotopic (exact) mass is 612 g/mol. The number of cyclic esters (lactones) is 4. The highest BCUT2D eigenvalue weighted by Gasteiger charge is 2.30. The van der Waals surface area contributed by atoms with E-state index in [0.717, 1.165) is 0 Å². The maximum absolute atomic E-state index is 12.0. The van der Waals surface area contributed by atoms with Gasteiger partial charge in [0.1, 0.15) is 23.0 Å².